The summed E-state index contributed by atoms with van der Waals surface area (Å²) in [5.74, 6) is 0. The molecule has 1 nitrogen and oxygen atoms in total. The summed E-state index contributed by atoms with van der Waals surface area (Å²) >= 11 is 0. The summed E-state index contributed by atoms with van der Waals surface area (Å²) in [4.78, 5) is 0. The minimum atomic E-state index is 0.223. The number of hydrogen-bond donors (Lipinski definition) is 1. The standard InChI is InChI=1S/C10H15N.C2H6/c1-2-6-10(11)9-7-4-3-5-8-9;1-2/h3-5,7-8,10H,2,6,11H2,1H3;1-2H3. The van der Waals surface area contributed by atoms with Crippen molar-refractivity contribution in [2.75, 3.05) is 0 Å². The Balaban J connectivity index is 0.000000671. The zero-order chi connectivity index (χ0) is 10.1. The molecule has 2 N–H and O–H groups in total. The van der Waals surface area contributed by atoms with Gasteiger partial charge in [0, 0.05) is 6.04 Å². The predicted molar refractivity (Wildman–Crippen MR) is 59.6 cm³/mol. The molecular formula is C12H21N. The van der Waals surface area contributed by atoms with Gasteiger partial charge in [-0.3, -0.25) is 0 Å². The van der Waals surface area contributed by atoms with E-state index in [9.17, 15) is 0 Å². The van der Waals surface area contributed by atoms with Crippen molar-refractivity contribution in [2.24, 2.45) is 5.73 Å². The van der Waals surface area contributed by atoms with Crippen LogP contribution >= 0.6 is 0 Å². The van der Waals surface area contributed by atoms with Crippen molar-refractivity contribution in [3.63, 3.8) is 0 Å². The lowest BCUT2D eigenvalue weighted by Crippen LogP contribution is -2.08. The third-order valence-corrected chi connectivity index (χ3v) is 1.83. The van der Waals surface area contributed by atoms with Crippen molar-refractivity contribution in [3.8, 4) is 0 Å². The van der Waals surface area contributed by atoms with E-state index < -0.39 is 0 Å². The van der Waals surface area contributed by atoms with Crippen LogP contribution in [0, 0.1) is 0 Å². The normalized spacial score (nSPS) is 11.4. The first-order chi connectivity index (χ1) is 6.34. The Hall–Kier alpha value is -0.820. The van der Waals surface area contributed by atoms with Crippen LogP contribution in [0.1, 0.15) is 45.2 Å². The molecule has 0 amide bonds. The molecule has 1 heteroatoms. The summed E-state index contributed by atoms with van der Waals surface area (Å²) < 4.78 is 0. The van der Waals surface area contributed by atoms with Crippen LogP contribution in [0.3, 0.4) is 0 Å². The molecule has 1 aromatic rings. The SMILES string of the molecule is CC.CCCC(N)c1ccccc1. The smallest absolute Gasteiger partial charge is 0.0294 e. The van der Waals surface area contributed by atoms with Gasteiger partial charge in [-0.05, 0) is 12.0 Å². The minimum Gasteiger partial charge on any atom is -0.324 e. The number of benzene rings is 1. The van der Waals surface area contributed by atoms with E-state index >= 15 is 0 Å². The maximum absolute atomic E-state index is 5.91. The zero-order valence-corrected chi connectivity index (χ0v) is 8.96. The highest BCUT2D eigenvalue weighted by Gasteiger charge is 2.01. The first-order valence-corrected chi connectivity index (χ1v) is 5.15. The molecule has 1 atom stereocenters. The molecule has 0 heterocycles. The Morgan fingerprint density at radius 1 is 1.15 bits per heavy atom. The Morgan fingerprint density at radius 3 is 2.15 bits per heavy atom. The van der Waals surface area contributed by atoms with Gasteiger partial charge in [0.1, 0.15) is 0 Å². The average Bonchev–Trinajstić information content (AvgIpc) is 2.23. The lowest BCUT2D eigenvalue weighted by Gasteiger charge is -2.09. The van der Waals surface area contributed by atoms with E-state index in [1.807, 2.05) is 32.0 Å². The van der Waals surface area contributed by atoms with Gasteiger partial charge < -0.3 is 5.73 Å². The molecule has 0 bridgehead atoms. The predicted octanol–water partition coefficient (Wildman–Crippen LogP) is 3.51. The molecule has 1 rings (SSSR count). The highest BCUT2D eigenvalue weighted by Crippen LogP contribution is 2.13. The molecule has 0 saturated heterocycles. The Labute approximate surface area is 82.0 Å². The van der Waals surface area contributed by atoms with Crippen molar-refractivity contribution in [1.82, 2.24) is 0 Å². The van der Waals surface area contributed by atoms with Crippen LogP contribution in [0.4, 0.5) is 0 Å². The van der Waals surface area contributed by atoms with Crippen LogP contribution < -0.4 is 5.73 Å². The molecule has 0 spiro atoms. The van der Waals surface area contributed by atoms with Crippen molar-refractivity contribution in [1.29, 1.82) is 0 Å². The van der Waals surface area contributed by atoms with Crippen molar-refractivity contribution in [3.05, 3.63) is 35.9 Å². The van der Waals surface area contributed by atoms with Gasteiger partial charge in [-0.25, -0.2) is 0 Å². The Bertz CT molecular complexity index is 194. The van der Waals surface area contributed by atoms with Gasteiger partial charge in [-0.1, -0.05) is 57.5 Å². The van der Waals surface area contributed by atoms with Gasteiger partial charge in [0.15, 0.2) is 0 Å². The summed E-state index contributed by atoms with van der Waals surface area (Å²) in [6.07, 6.45) is 2.22. The highest BCUT2D eigenvalue weighted by molar-refractivity contribution is 5.18. The molecule has 0 saturated carbocycles. The monoisotopic (exact) mass is 179 g/mol. The second-order valence-corrected chi connectivity index (χ2v) is 2.81. The molecule has 0 fully saturated rings. The van der Waals surface area contributed by atoms with Crippen LogP contribution in [0.2, 0.25) is 0 Å². The molecular weight excluding hydrogens is 158 g/mol. The van der Waals surface area contributed by atoms with Crippen molar-refractivity contribution in [2.45, 2.75) is 39.7 Å². The fraction of sp³-hybridized carbons (Fsp3) is 0.500. The second kappa shape index (κ2) is 7.81. The minimum absolute atomic E-state index is 0.223. The topological polar surface area (TPSA) is 26.0 Å². The van der Waals surface area contributed by atoms with E-state index in [1.165, 1.54) is 5.56 Å². The molecule has 0 aliphatic carbocycles. The van der Waals surface area contributed by atoms with Crippen molar-refractivity contribution >= 4 is 0 Å². The van der Waals surface area contributed by atoms with Gasteiger partial charge >= 0.3 is 0 Å². The summed E-state index contributed by atoms with van der Waals surface area (Å²) in [5.41, 5.74) is 7.15. The third-order valence-electron chi connectivity index (χ3n) is 1.83. The molecule has 0 aliphatic rings. The van der Waals surface area contributed by atoms with Gasteiger partial charge in [-0.2, -0.15) is 0 Å². The summed E-state index contributed by atoms with van der Waals surface area (Å²) in [6.45, 7) is 6.16. The van der Waals surface area contributed by atoms with E-state index in [2.05, 4.69) is 19.1 Å². The first-order valence-electron chi connectivity index (χ1n) is 5.15. The summed E-state index contributed by atoms with van der Waals surface area (Å²) in [6, 6.07) is 10.5. The molecule has 0 aliphatic heterocycles. The largest absolute Gasteiger partial charge is 0.324 e. The van der Waals surface area contributed by atoms with E-state index in [1.54, 1.807) is 0 Å². The van der Waals surface area contributed by atoms with Crippen LogP contribution in [0.25, 0.3) is 0 Å². The van der Waals surface area contributed by atoms with E-state index in [-0.39, 0.29) is 6.04 Å². The van der Waals surface area contributed by atoms with Gasteiger partial charge in [0.2, 0.25) is 0 Å². The first kappa shape index (κ1) is 12.2. The third kappa shape index (κ3) is 4.69. The van der Waals surface area contributed by atoms with Crippen LogP contribution in [-0.4, -0.2) is 0 Å². The van der Waals surface area contributed by atoms with E-state index in [0.29, 0.717) is 0 Å². The number of hydrogen-bond acceptors (Lipinski definition) is 1. The van der Waals surface area contributed by atoms with Crippen LogP contribution in [0.5, 0.6) is 0 Å². The lowest BCUT2D eigenvalue weighted by molar-refractivity contribution is 0.638. The molecule has 13 heavy (non-hydrogen) atoms. The van der Waals surface area contributed by atoms with Crippen LogP contribution in [-0.2, 0) is 0 Å². The molecule has 1 unspecified atom stereocenters. The summed E-state index contributed by atoms with van der Waals surface area (Å²) in [7, 11) is 0. The second-order valence-electron chi connectivity index (χ2n) is 2.81. The Morgan fingerprint density at radius 2 is 1.69 bits per heavy atom. The Kier molecular flexibility index (Phi) is 7.32. The molecule has 74 valence electrons. The quantitative estimate of drug-likeness (QED) is 0.755. The maximum atomic E-state index is 5.91. The zero-order valence-electron chi connectivity index (χ0n) is 8.96. The van der Waals surface area contributed by atoms with E-state index in [0.717, 1.165) is 12.8 Å². The highest BCUT2D eigenvalue weighted by atomic mass is 14.6. The van der Waals surface area contributed by atoms with Gasteiger partial charge in [-0.15, -0.1) is 0 Å². The van der Waals surface area contributed by atoms with E-state index in [4.69, 9.17) is 5.73 Å². The summed E-state index contributed by atoms with van der Waals surface area (Å²) in [5, 5.41) is 0. The van der Waals surface area contributed by atoms with Crippen molar-refractivity contribution < 1.29 is 0 Å². The molecule has 0 aromatic heterocycles. The fourth-order valence-electron chi connectivity index (χ4n) is 1.18. The maximum Gasteiger partial charge on any atom is 0.0294 e. The van der Waals surface area contributed by atoms with Crippen LogP contribution in [0.15, 0.2) is 30.3 Å². The molecule has 0 radical (unpaired) electrons. The van der Waals surface area contributed by atoms with Gasteiger partial charge in [0.05, 0.1) is 0 Å². The van der Waals surface area contributed by atoms with Gasteiger partial charge in [0.25, 0.3) is 0 Å². The number of rotatable bonds is 3. The number of nitrogens with two attached hydrogens (primary N) is 1. The molecule has 1 aromatic carbocycles. The lowest BCUT2D eigenvalue weighted by atomic mass is 10.0. The average molecular weight is 179 g/mol. The fourth-order valence-corrected chi connectivity index (χ4v) is 1.18.